The van der Waals surface area contributed by atoms with Gasteiger partial charge in [0, 0.05) is 102 Å². The quantitative estimate of drug-likeness (QED) is 0.137. The van der Waals surface area contributed by atoms with E-state index in [1.54, 1.807) is 45.2 Å². The van der Waals surface area contributed by atoms with Gasteiger partial charge >= 0.3 is 0 Å². The van der Waals surface area contributed by atoms with Crippen LogP contribution in [0, 0.1) is 17.7 Å². The number of hydrogen-bond acceptors (Lipinski definition) is 11. The van der Waals surface area contributed by atoms with Crippen molar-refractivity contribution in [3.8, 4) is 11.1 Å². The molecular weight excluding hydrogens is 930 g/mol. The fourth-order valence-electron chi connectivity index (χ4n) is 10.6. The monoisotopic (exact) mass is 996 g/mol. The first-order valence-corrected chi connectivity index (χ1v) is 25.8. The Morgan fingerprint density at radius 2 is 1.44 bits per heavy atom. The van der Waals surface area contributed by atoms with E-state index in [-0.39, 0.29) is 52.9 Å². The Labute approximate surface area is 425 Å². The lowest BCUT2D eigenvalue weighted by Gasteiger charge is -2.39. The van der Waals surface area contributed by atoms with Gasteiger partial charge in [0.25, 0.3) is 17.4 Å². The largest absolute Gasteiger partial charge is 0.346 e. The van der Waals surface area contributed by atoms with Gasteiger partial charge in [-0.25, -0.2) is 14.5 Å². The third kappa shape index (κ3) is 12.5. The number of carbonyl (C=O) groups excluding carboxylic acids is 5. The number of likely N-dealkylation sites (tertiary alicyclic amines) is 2. The number of amides is 5. The summed E-state index contributed by atoms with van der Waals surface area (Å²) in [5.74, 6) is -0.767. The van der Waals surface area contributed by atoms with Gasteiger partial charge in [-0.15, -0.1) is 0 Å². The van der Waals surface area contributed by atoms with E-state index in [1.165, 1.54) is 11.6 Å². The van der Waals surface area contributed by atoms with Crippen molar-refractivity contribution in [2.24, 2.45) is 11.8 Å². The fraction of sp³-hybridized carbons (Fsp3) is 0.455. The number of anilines is 1. The van der Waals surface area contributed by atoms with Gasteiger partial charge < -0.3 is 30.2 Å². The molecule has 5 aromatic rings. The minimum atomic E-state index is -0.613. The zero-order chi connectivity index (χ0) is 51.0. The Kier molecular flexibility index (Phi) is 16.3. The van der Waals surface area contributed by atoms with E-state index >= 15 is 4.39 Å². The second-order valence-corrected chi connectivity index (χ2v) is 20.0. The van der Waals surface area contributed by atoms with E-state index in [9.17, 15) is 28.8 Å². The number of aromatic nitrogens is 3. The maximum absolute atomic E-state index is 15.1. The molecule has 1 atom stereocenters. The summed E-state index contributed by atoms with van der Waals surface area (Å²) in [5, 5.41) is 14.2. The third-order valence-corrected chi connectivity index (χ3v) is 15.1. The topological polar surface area (TPSA) is 187 Å². The van der Waals surface area contributed by atoms with E-state index in [4.69, 9.17) is 0 Å². The van der Waals surface area contributed by atoms with Gasteiger partial charge in [0.2, 0.25) is 17.7 Å². The molecule has 4 aliphatic rings. The number of pyridine rings is 1. The first-order valence-electron chi connectivity index (χ1n) is 25.8. The lowest BCUT2D eigenvalue weighted by Crippen LogP contribution is -2.53. The van der Waals surface area contributed by atoms with Gasteiger partial charge in [-0.1, -0.05) is 55.5 Å². The van der Waals surface area contributed by atoms with Crippen LogP contribution in [0.25, 0.3) is 21.9 Å². The summed E-state index contributed by atoms with van der Waals surface area (Å²) in [6, 6.07) is 21.6. The van der Waals surface area contributed by atoms with Gasteiger partial charge in [0.15, 0.2) is 5.69 Å². The highest BCUT2D eigenvalue weighted by Gasteiger charge is 2.31. The van der Waals surface area contributed by atoms with Crippen molar-refractivity contribution in [1.82, 2.24) is 49.9 Å². The number of nitrogens with zero attached hydrogens (tertiary/aromatic N) is 8. The molecule has 4 aliphatic heterocycles. The summed E-state index contributed by atoms with van der Waals surface area (Å²) in [6.07, 6.45) is 6.14. The number of piperazine rings is 2. The molecule has 73 heavy (non-hydrogen) atoms. The molecule has 0 radical (unpaired) electrons. The highest BCUT2D eigenvalue weighted by atomic mass is 19.1. The van der Waals surface area contributed by atoms with Crippen molar-refractivity contribution in [3.05, 3.63) is 123 Å². The van der Waals surface area contributed by atoms with Crippen LogP contribution in [0.2, 0.25) is 0 Å². The van der Waals surface area contributed by atoms with Crippen molar-refractivity contribution in [3.63, 3.8) is 0 Å². The van der Waals surface area contributed by atoms with E-state index in [1.807, 2.05) is 42.3 Å². The fourth-order valence-corrected chi connectivity index (χ4v) is 10.6. The number of halogens is 1. The second-order valence-electron chi connectivity index (χ2n) is 20.0. The van der Waals surface area contributed by atoms with Crippen LogP contribution < -0.4 is 16.2 Å². The van der Waals surface area contributed by atoms with Gasteiger partial charge in [-0.05, 0) is 98.1 Å². The van der Waals surface area contributed by atoms with E-state index in [0.29, 0.717) is 105 Å². The summed E-state index contributed by atoms with van der Waals surface area (Å²) >= 11 is 0. The van der Waals surface area contributed by atoms with Gasteiger partial charge in [-0.2, -0.15) is 5.10 Å². The van der Waals surface area contributed by atoms with Gasteiger partial charge in [0.1, 0.15) is 5.82 Å². The Morgan fingerprint density at radius 3 is 2.19 bits per heavy atom. The number of fused-ring (bicyclic) bond motifs is 1. The van der Waals surface area contributed by atoms with Crippen molar-refractivity contribution in [2.75, 3.05) is 111 Å². The smallest absolute Gasteiger partial charge is 0.274 e. The SMILES string of the molecule is CCc1cccc(-c2cnc(C(=O)N3CCN(CC4CCN(CC(=O)N5CCN(C(=O)c6cc(Cc7n[nH]c(=O)c8ccccc78)ccc6F)CC5)CC4)CC3)c(NC(=O)CNC[C@@H]3CCN(C)C(=O)C3)c2)c1. The number of rotatable bonds is 15. The zero-order valence-electron chi connectivity index (χ0n) is 41.9. The molecule has 6 heterocycles. The molecule has 2 aromatic heterocycles. The minimum Gasteiger partial charge on any atom is -0.346 e. The lowest BCUT2D eigenvalue weighted by atomic mass is 9.96. The maximum Gasteiger partial charge on any atom is 0.274 e. The average molecular weight is 996 g/mol. The summed E-state index contributed by atoms with van der Waals surface area (Å²) in [7, 11) is 1.81. The van der Waals surface area contributed by atoms with Gasteiger partial charge in [0.05, 0.1) is 35.4 Å². The number of nitrogens with one attached hydrogen (secondary N) is 3. The Bertz CT molecular complexity index is 2890. The highest BCUT2D eigenvalue weighted by Crippen LogP contribution is 2.28. The van der Waals surface area contributed by atoms with Crippen LogP contribution in [-0.2, 0) is 27.2 Å². The standard InChI is InChI=1S/C55H66FN11O6/c1-3-37-7-6-8-41(27-37)42-31-48(59-49(68)34-57-32-40-13-16-62(2)50(69)30-40)52(58-33-42)55(73)67-21-19-64(20-22-67)35-38-14-17-63(18-15-38)36-51(70)65-23-25-66(26-24-65)54(72)45-28-39(11-12-46(45)56)29-47-43-9-4-5-10-44(43)53(71)61-60-47/h4-12,27-28,31,33,38,40,57H,3,13-26,29-30,32,34-36H2,1-2H3,(H,59,68)(H,61,71)/t40-/m1/s1. The summed E-state index contributed by atoms with van der Waals surface area (Å²) in [6.45, 7) is 10.1. The van der Waals surface area contributed by atoms with Crippen LogP contribution in [0.15, 0.2) is 83.8 Å². The molecule has 0 unspecified atom stereocenters. The van der Waals surface area contributed by atoms with E-state index in [0.717, 1.165) is 69.5 Å². The molecule has 0 saturated carbocycles. The average Bonchev–Trinajstić information content (AvgIpc) is 3.41. The number of aryl methyl sites for hydroxylation is 1. The normalized spacial score (nSPS) is 18.3. The molecule has 4 saturated heterocycles. The molecule has 3 N–H and O–H groups in total. The van der Waals surface area contributed by atoms with Crippen LogP contribution in [0.5, 0.6) is 0 Å². The Hall–Kier alpha value is -6.89. The van der Waals surface area contributed by atoms with Crippen molar-refractivity contribution < 1.29 is 28.4 Å². The number of aromatic amines is 1. The summed E-state index contributed by atoms with van der Waals surface area (Å²) < 4.78 is 15.1. The maximum atomic E-state index is 15.1. The molecule has 0 spiro atoms. The summed E-state index contributed by atoms with van der Waals surface area (Å²) in [5.41, 5.74) is 4.50. The first kappa shape index (κ1) is 51.0. The molecule has 17 nitrogen and oxygen atoms in total. The zero-order valence-corrected chi connectivity index (χ0v) is 41.9. The number of piperidine rings is 2. The molecule has 384 valence electrons. The van der Waals surface area contributed by atoms with Crippen LogP contribution in [-0.4, -0.2) is 179 Å². The van der Waals surface area contributed by atoms with Crippen LogP contribution in [0.4, 0.5) is 10.1 Å². The molecule has 3 aromatic carbocycles. The van der Waals surface area contributed by atoms with Gasteiger partial charge in [-0.3, -0.25) is 38.6 Å². The van der Waals surface area contributed by atoms with Crippen LogP contribution in [0.3, 0.4) is 0 Å². The molecule has 0 aliphatic carbocycles. The molecule has 0 bridgehead atoms. The van der Waals surface area contributed by atoms with Crippen LogP contribution in [0.1, 0.15) is 70.3 Å². The van der Waals surface area contributed by atoms with Crippen molar-refractivity contribution in [2.45, 2.75) is 45.4 Å². The van der Waals surface area contributed by atoms with E-state index < -0.39 is 11.7 Å². The third-order valence-electron chi connectivity index (χ3n) is 15.1. The Balaban J connectivity index is 0.718. The molecular formula is C55H66FN11O6. The number of H-pyrrole nitrogens is 1. The van der Waals surface area contributed by atoms with Crippen molar-refractivity contribution >= 4 is 46.0 Å². The second kappa shape index (κ2) is 23.3. The predicted molar refractivity (Wildman–Crippen MR) is 276 cm³/mol. The lowest BCUT2D eigenvalue weighted by molar-refractivity contribution is -0.134. The number of hydrogen-bond donors (Lipinski definition) is 3. The number of benzene rings is 3. The number of carbonyl (C=O) groups is 5. The highest BCUT2D eigenvalue weighted by molar-refractivity contribution is 6.03. The Morgan fingerprint density at radius 1 is 0.726 bits per heavy atom. The molecule has 5 amide bonds. The molecule has 18 heteroatoms. The first-order chi connectivity index (χ1) is 35.4. The molecule has 4 fully saturated rings. The van der Waals surface area contributed by atoms with E-state index in [2.05, 4.69) is 54.7 Å². The predicted octanol–water partition coefficient (Wildman–Crippen LogP) is 4.13. The summed E-state index contributed by atoms with van der Waals surface area (Å²) in [4.78, 5) is 95.3. The molecule has 9 rings (SSSR count). The van der Waals surface area contributed by atoms with Crippen molar-refractivity contribution in [1.29, 1.82) is 0 Å². The minimum absolute atomic E-state index is 0.0242. The van der Waals surface area contributed by atoms with Crippen LogP contribution >= 0.6 is 0 Å².